The van der Waals surface area contributed by atoms with Crippen LogP contribution in [-0.2, 0) is 0 Å². The number of anilines is 3. The van der Waals surface area contributed by atoms with Crippen molar-refractivity contribution < 1.29 is 4.79 Å². The van der Waals surface area contributed by atoms with E-state index in [4.69, 9.17) is 9.97 Å². The summed E-state index contributed by atoms with van der Waals surface area (Å²) < 4.78 is 0. The first-order valence-electron chi connectivity index (χ1n) is 10.2. The average Bonchev–Trinajstić information content (AvgIpc) is 2.74. The summed E-state index contributed by atoms with van der Waals surface area (Å²) in [5.41, 5.74) is 3.46. The van der Waals surface area contributed by atoms with Crippen molar-refractivity contribution in [1.82, 2.24) is 9.97 Å². The summed E-state index contributed by atoms with van der Waals surface area (Å²) in [6.45, 7) is 5.80. The van der Waals surface area contributed by atoms with Gasteiger partial charge in [-0.15, -0.1) is 0 Å². The van der Waals surface area contributed by atoms with Crippen LogP contribution in [0.4, 0.5) is 17.5 Å². The second kappa shape index (κ2) is 8.43. The Balaban J connectivity index is 1.71. The first-order chi connectivity index (χ1) is 14.1. The predicted molar refractivity (Wildman–Crippen MR) is 118 cm³/mol. The maximum absolute atomic E-state index is 11.7. The molecule has 5 heteroatoms. The molecule has 2 heterocycles. The smallest absolute Gasteiger partial charge is 0.227 e. The molecule has 3 aromatic rings. The number of nitrogens with one attached hydrogen (secondary N) is 1. The van der Waals surface area contributed by atoms with Crippen molar-refractivity contribution in [3.63, 3.8) is 0 Å². The molecule has 5 nitrogen and oxygen atoms in total. The van der Waals surface area contributed by atoms with E-state index in [1.807, 2.05) is 48.5 Å². The third-order valence-corrected chi connectivity index (χ3v) is 5.27. The van der Waals surface area contributed by atoms with Gasteiger partial charge in [0.05, 0.1) is 5.69 Å². The highest BCUT2D eigenvalue weighted by Gasteiger charge is 2.20. The molecule has 1 aliphatic rings. The molecule has 148 valence electrons. The Morgan fingerprint density at radius 1 is 1.07 bits per heavy atom. The van der Waals surface area contributed by atoms with E-state index in [9.17, 15) is 4.79 Å². The molecule has 0 saturated carbocycles. The summed E-state index contributed by atoms with van der Waals surface area (Å²) in [6, 6.07) is 19.6. The van der Waals surface area contributed by atoms with Crippen LogP contribution >= 0.6 is 0 Å². The summed E-state index contributed by atoms with van der Waals surface area (Å²) in [4.78, 5) is 23.7. The topological polar surface area (TPSA) is 58.1 Å². The predicted octanol–water partition coefficient (Wildman–Crippen LogP) is 5.33. The maximum atomic E-state index is 11.7. The van der Waals surface area contributed by atoms with Crippen LogP contribution in [0, 0.1) is 5.92 Å². The minimum absolute atomic E-state index is 0.0457. The highest BCUT2D eigenvalue weighted by atomic mass is 16.1. The Labute approximate surface area is 171 Å². The third-order valence-electron chi connectivity index (χ3n) is 5.27. The van der Waals surface area contributed by atoms with Crippen molar-refractivity contribution in [3.05, 3.63) is 66.2 Å². The van der Waals surface area contributed by atoms with Crippen LogP contribution in [0.1, 0.15) is 37.0 Å². The highest BCUT2D eigenvalue weighted by molar-refractivity contribution is 5.95. The SMILES string of the molecule is CC(=O)c1cccc(Nc2cc(-c3ccccc3)nc(N3CCCC(C)C3)n2)c1. The van der Waals surface area contributed by atoms with Crippen molar-refractivity contribution in [1.29, 1.82) is 0 Å². The van der Waals surface area contributed by atoms with E-state index in [1.165, 1.54) is 6.42 Å². The molecule has 29 heavy (non-hydrogen) atoms. The lowest BCUT2D eigenvalue weighted by molar-refractivity contribution is 0.101. The molecule has 1 saturated heterocycles. The molecule has 1 aliphatic heterocycles. The molecule has 1 fully saturated rings. The van der Waals surface area contributed by atoms with Crippen LogP contribution < -0.4 is 10.2 Å². The number of Topliss-reactive ketones (excluding diaryl/α,β-unsaturated/α-hetero) is 1. The number of rotatable bonds is 5. The van der Waals surface area contributed by atoms with E-state index < -0.39 is 0 Å². The number of carbonyl (C=O) groups excluding carboxylic acids is 1. The fourth-order valence-electron chi connectivity index (χ4n) is 3.73. The van der Waals surface area contributed by atoms with Crippen LogP contribution in [-0.4, -0.2) is 28.8 Å². The molecule has 2 aromatic carbocycles. The fourth-order valence-corrected chi connectivity index (χ4v) is 3.73. The van der Waals surface area contributed by atoms with Gasteiger partial charge < -0.3 is 10.2 Å². The molecule has 4 rings (SSSR count). The van der Waals surface area contributed by atoms with E-state index in [0.29, 0.717) is 11.5 Å². The number of nitrogens with zero attached hydrogens (tertiary/aromatic N) is 3. The van der Waals surface area contributed by atoms with Crippen molar-refractivity contribution in [3.8, 4) is 11.3 Å². The summed E-state index contributed by atoms with van der Waals surface area (Å²) in [6.07, 6.45) is 2.40. The van der Waals surface area contributed by atoms with Gasteiger partial charge in [0.1, 0.15) is 5.82 Å². The van der Waals surface area contributed by atoms with Crippen LogP contribution in [0.15, 0.2) is 60.7 Å². The molecule has 1 N–H and O–H groups in total. The average molecular weight is 386 g/mol. The molecule has 0 spiro atoms. The normalized spacial score (nSPS) is 16.5. The Morgan fingerprint density at radius 2 is 1.90 bits per heavy atom. The minimum Gasteiger partial charge on any atom is -0.340 e. The van der Waals surface area contributed by atoms with E-state index in [0.717, 1.165) is 48.2 Å². The minimum atomic E-state index is 0.0457. The first-order valence-corrected chi connectivity index (χ1v) is 10.2. The number of benzene rings is 2. The van der Waals surface area contributed by atoms with Gasteiger partial charge in [-0.3, -0.25) is 4.79 Å². The van der Waals surface area contributed by atoms with Gasteiger partial charge in [-0.2, -0.15) is 4.98 Å². The summed E-state index contributed by atoms with van der Waals surface area (Å²) in [7, 11) is 0. The van der Waals surface area contributed by atoms with Crippen LogP contribution in [0.3, 0.4) is 0 Å². The Kier molecular flexibility index (Phi) is 5.56. The van der Waals surface area contributed by atoms with Crippen LogP contribution in [0.2, 0.25) is 0 Å². The monoisotopic (exact) mass is 386 g/mol. The van der Waals surface area contributed by atoms with Crippen molar-refractivity contribution in [2.75, 3.05) is 23.3 Å². The van der Waals surface area contributed by atoms with Crippen molar-refractivity contribution in [2.45, 2.75) is 26.7 Å². The lowest BCUT2D eigenvalue weighted by Crippen LogP contribution is -2.35. The Hall–Kier alpha value is -3.21. The molecular weight excluding hydrogens is 360 g/mol. The van der Waals surface area contributed by atoms with Gasteiger partial charge in [0.25, 0.3) is 0 Å². The number of aromatic nitrogens is 2. The molecule has 0 bridgehead atoms. The lowest BCUT2D eigenvalue weighted by Gasteiger charge is -2.31. The van der Waals surface area contributed by atoms with Gasteiger partial charge in [-0.25, -0.2) is 4.98 Å². The summed E-state index contributed by atoms with van der Waals surface area (Å²) in [5.74, 6) is 2.16. The Bertz CT molecular complexity index is 1000. The third kappa shape index (κ3) is 4.62. The quantitative estimate of drug-likeness (QED) is 0.601. The molecule has 0 amide bonds. The van der Waals surface area contributed by atoms with Gasteiger partial charge in [-0.1, -0.05) is 49.4 Å². The van der Waals surface area contributed by atoms with E-state index >= 15 is 0 Å². The van der Waals surface area contributed by atoms with Crippen LogP contribution in [0.5, 0.6) is 0 Å². The molecule has 0 aliphatic carbocycles. The lowest BCUT2D eigenvalue weighted by atomic mass is 10.0. The second-order valence-corrected chi connectivity index (χ2v) is 7.76. The van der Waals surface area contributed by atoms with Gasteiger partial charge in [-0.05, 0) is 37.8 Å². The maximum Gasteiger partial charge on any atom is 0.227 e. The van der Waals surface area contributed by atoms with E-state index in [1.54, 1.807) is 6.92 Å². The van der Waals surface area contributed by atoms with Crippen LogP contribution in [0.25, 0.3) is 11.3 Å². The number of ketones is 1. The number of hydrogen-bond donors (Lipinski definition) is 1. The zero-order chi connectivity index (χ0) is 20.2. The van der Waals surface area contributed by atoms with Gasteiger partial charge in [0, 0.05) is 36.0 Å². The number of hydrogen-bond acceptors (Lipinski definition) is 5. The molecule has 0 radical (unpaired) electrons. The number of piperidine rings is 1. The molecule has 1 atom stereocenters. The summed E-state index contributed by atoms with van der Waals surface area (Å²) in [5, 5.41) is 3.37. The largest absolute Gasteiger partial charge is 0.340 e. The highest BCUT2D eigenvalue weighted by Crippen LogP contribution is 2.27. The molecule has 1 unspecified atom stereocenters. The second-order valence-electron chi connectivity index (χ2n) is 7.76. The molecule has 1 aromatic heterocycles. The zero-order valence-electron chi connectivity index (χ0n) is 16.9. The van der Waals surface area contributed by atoms with E-state index in [2.05, 4.69) is 29.3 Å². The fraction of sp³-hybridized carbons (Fsp3) is 0.292. The van der Waals surface area contributed by atoms with Crippen molar-refractivity contribution >= 4 is 23.2 Å². The number of carbonyl (C=O) groups is 1. The van der Waals surface area contributed by atoms with Gasteiger partial charge in [0.15, 0.2) is 5.78 Å². The summed E-state index contributed by atoms with van der Waals surface area (Å²) >= 11 is 0. The van der Waals surface area contributed by atoms with Gasteiger partial charge in [0.2, 0.25) is 5.95 Å². The molecular formula is C24H26N4O. The Morgan fingerprint density at radius 3 is 2.66 bits per heavy atom. The standard InChI is InChI=1S/C24H26N4O/c1-17-8-7-13-28(16-17)24-26-22(19-9-4-3-5-10-19)15-23(27-24)25-21-12-6-11-20(14-21)18(2)29/h3-6,9-12,14-15,17H,7-8,13,16H2,1-2H3,(H,25,26,27). The van der Waals surface area contributed by atoms with E-state index in [-0.39, 0.29) is 5.78 Å². The van der Waals surface area contributed by atoms with Gasteiger partial charge >= 0.3 is 0 Å². The van der Waals surface area contributed by atoms with Crippen molar-refractivity contribution in [2.24, 2.45) is 5.92 Å². The zero-order valence-corrected chi connectivity index (χ0v) is 16.9. The first kappa shape index (κ1) is 19.1.